The number of thiocarbonyl (C=S) groups is 1. The lowest BCUT2D eigenvalue weighted by Gasteiger charge is -2.21. The summed E-state index contributed by atoms with van der Waals surface area (Å²) in [7, 11) is 0. The largest absolute Gasteiger partial charge is 0.392 e. The summed E-state index contributed by atoms with van der Waals surface area (Å²) in [5.41, 5.74) is 7.31. The molecular formula is C13H17BrN2OS. The number of benzene rings is 1. The van der Waals surface area contributed by atoms with Crippen LogP contribution in [0.5, 0.6) is 0 Å². The molecule has 0 heterocycles. The van der Waals surface area contributed by atoms with E-state index in [0.29, 0.717) is 10.6 Å². The number of rotatable bonds is 4. The van der Waals surface area contributed by atoms with Crippen molar-refractivity contribution in [2.24, 2.45) is 11.7 Å². The van der Waals surface area contributed by atoms with E-state index in [1.54, 1.807) is 6.07 Å². The first kappa shape index (κ1) is 15.1. The topological polar surface area (TPSA) is 55.1 Å². The molecule has 3 N–H and O–H groups in total. The van der Waals surface area contributed by atoms with Crippen molar-refractivity contribution in [3.8, 4) is 0 Å². The molecule has 0 aliphatic carbocycles. The Bertz CT molecular complexity index is 474. The molecule has 0 aromatic heterocycles. The average Bonchev–Trinajstić information content (AvgIpc) is 2.24. The molecule has 1 unspecified atom stereocenters. The van der Waals surface area contributed by atoms with Gasteiger partial charge in [-0.1, -0.05) is 32.1 Å². The smallest absolute Gasteiger partial charge is 0.252 e. The van der Waals surface area contributed by atoms with Gasteiger partial charge in [0.1, 0.15) is 0 Å². The minimum absolute atomic E-state index is 0.163. The van der Waals surface area contributed by atoms with Crippen LogP contribution >= 0.6 is 28.1 Å². The van der Waals surface area contributed by atoms with Gasteiger partial charge in [0.15, 0.2) is 0 Å². The van der Waals surface area contributed by atoms with Crippen LogP contribution in [-0.4, -0.2) is 16.9 Å². The van der Waals surface area contributed by atoms with Crippen LogP contribution in [0.25, 0.3) is 0 Å². The maximum Gasteiger partial charge on any atom is 0.252 e. The van der Waals surface area contributed by atoms with Crippen molar-refractivity contribution in [1.29, 1.82) is 0 Å². The van der Waals surface area contributed by atoms with Gasteiger partial charge in [-0.05, 0) is 46.5 Å². The van der Waals surface area contributed by atoms with Crippen molar-refractivity contribution < 1.29 is 4.79 Å². The zero-order valence-electron chi connectivity index (χ0n) is 10.7. The number of amides is 1. The third kappa shape index (κ3) is 3.78. The minimum atomic E-state index is -0.291. The molecule has 0 radical (unpaired) electrons. The molecule has 1 aromatic rings. The highest BCUT2D eigenvalue weighted by Crippen LogP contribution is 2.18. The molecule has 0 fully saturated rings. The first-order chi connectivity index (χ1) is 8.32. The van der Waals surface area contributed by atoms with E-state index < -0.39 is 0 Å². The zero-order chi connectivity index (χ0) is 13.9. The molecule has 0 bridgehead atoms. The molecule has 0 saturated carbocycles. The van der Waals surface area contributed by atoms with Crippen LogP contribution in [-0.2, 0) is 0 Å². The molecule has 0 saturated heterocycles. The molecule has 3 nitrogen and oxygen atoms in total. The van der Waals surface area contributed by atoms with Crippen LogP contribution in [0.2, 0.25) is 0 Å². The average molecular weight is 329 g/mol. The summed E-state index contributed by atoms with van der Waals surface area (Å²) in [6, 6.07) is 5.29. The number of hydrogen-bond acceptors (Lipinski definition) is 2. The first-order valence-corrected chi connectivity index (χ1v) is 6.89. The van der Waals surface area contributed by atoms with Crippen molar-refractivity contribution in [1.82, 2.24) is 5.32 Å². The predicted molar refractivity (Wildman–Crippen MR) is 81.8 cm³/mol. The lowest BCUT2D eigenvalue weighted by molar-refractivity contribution is 0.0939. The van der Waals surface area contributed by atoms with Gasteiger partial charge >= 0.3 is 0 Å². The molecule has 0 aliphatic heterocycles. The Morgan fingerprint density at radius 2 is 2.06 bits per heavy atom. The monoisotopic (exact) mass is 328 g/mol. The van der Waals surface area contributed by atoms with Crippen molar-refractivity contribution in [3.63, 3.8) is 0 Å². The van der Waals surface area contributed by atoms with Crippen molar-refractivity contribution in [3.05, 3.63) is 33.8 Å². The predicted octanol–water partition coefficient (Wildman–Crippen LogP) is 2.80. The van der Waals surface area contributed by atoms with E-state index in [4.69, 9.17) is 18.0 Å². The molecule has 1 amide bonds. The Labute approximate surface area is 121 Å². The third-order valence-corrected chi connectivity index (χ3v) is 3.54. The number of aryl methyl sites for hydroxylation is 1. The van der Waals surface area contributed by atoms with Crippen LogP contribution < -0.4 is 11.1 Å². The Hall–Kier alpha value is -0.940. The SMILES string of the molecule is Cc1ccc(C(=O)NC(C(N)=S)C(C)C)c(Br)c1. The van der Waals surface area contributed by atoms with Gasteiger partial charge in [-0.2, -0.15) is 0 Å². The second-order valence-electron chi connectivity index (χ2n) is 4.58. The first-order valence-electron chi connectivity index (χ1n) is 5.69. The fourth-order valence-corrected chi connectivity index (χ4v) is 2.59. The van der Waals surface area contributed by atoms with Gasteiger partial charge < -0.3 is 11.1 Å². The van der Waals surface area contributed by atoms with Gasteiger partial charge in [0.05, 0.1) is 16.6 Å². The lowest BCUT2D eigenvalue weighted by atomic mass is 10.0. The number of nitrogens with two attached hydrogens (primary N) is 1. The van der Waals surface area contributed by atoms with Crippen LogP contribution in [0.1, 0.15) is 29.8 Å². The Morgan fingerprint density at radius 3 is 2.50 bits per heavy atom. The summed E-state index contributed by atoms with van der Waals surface area (Å²) in [5, 5.41) is 2.86. The summed E-state index contributed by atoms with van der Waals surface area (Å²) in [6.07, 6.45) is 0. The quantitative estimate of drug-likeness (QED) is 0.835. The number of nitrogens with one attached hydrogen (secondary N) is 1. The van der Waals surface area contributed by atoms with E-state index in [1.807, 2.05) is 32.9 Å². The normalized spacial score (nSPS) is 12.3. The number of halogens is 1. The van der Waals surface area contributed by atoms with Gasteiger partial charge in [0.25, 0.3) is 5.91 Å². The van der Waals surface area contributed by atoms with E-state index in [2.05, 4.69) is 21.2 Å². The van der Waals surface area contributed by atoms with Gasteiger partial charge in [0.2, 0.25) is 0 Å². The van der Waals surface area contributed by atoms with Crippen molar-refractivity contribution >= 4 is 39.0 Å². The van der Waals surface area contributed by atoms with Crippen LogP contribution in [0.15, 0.2) is 22.7 Å². The fraction of sp³-hybridized carbons (Fsp3) is 0.385. The minimum Gasteiger partial charge on any atom is -0.392 e. The second kappa shape index (κ2) is 6.29. The molecule has 0 aliphatic rings. The maximum absolute atomic E-state index is 12.1. The van der Waals surface area contributed by atoms with E-state index in [-0.39, 0.29) is 17.9 Å². The van der Waals surface area contributed by atoms with Crippen LogP contribution in [0.4, 0.5) is 0 Å². The van der Waals surface area contributed by atoms with E-state index in [0.717, 1.165) is 10.0 Å². The summed E-state index contributed by atoms with van der Waals surface area (Å²) < 4.78 is 0.769. The molecule has 1 rings (SSSR count). The van der Waals surface area contributed by atoms with E-state index in [9.17, 15) is 4.79 Å². The Kier molecular flexibility index (Phi) is 5.28. The Balaban J connectivity index is 2.91. The van der Waals surface area contributed by atoms with Crippen LogP contribution in [0, 0.1) is 12.8 Å². The fourth-order valence-electron chi connectivity index (χ4n) is 1.59. The molecule has 1 aromatic carbocycles. The maximum atomic E-state index is 12.1. The van der Waals surface area contributed by atoms with Crippen molar-refractivity contribution in [2.75, 3.05) is 0 Å². The van der Waals surface area contributed by atoms with Gasteiger partial charge in [-0.25, -0.2) is 0 Å². The standard InChI is InChI=1S/C13H17BrN2OS/c1-7(2)11(12(15)18)16-13(17)9-5-4-8(3)6-10(9)14/h4-7,11H,1-3H3,(H2,15,18)(H,16,17). The van der Waals surface area contributed by atoms with E-state index >= 15 is 0 Å². The van der Waals surface area contributed by atoms with Gasteiger partial charge in [0, 0.05) is 4.47 Å². The third-order valence-electron chi connectivity index (χ3n) is 2.63. The molecular weight excluding hydrogens is 312 g/mol. The highest BCUT2D eigenvalue weighted by atomic mass is 79.9. The summed E-state index contributed by atoms with van der Waals surface area (Å²) in [5.74, 6) is -0.0101. The lowest BCUT2D eigenvalue weighted by Crippen LogP contribution is -2.46. The van der Waals surface area contributed by atoms with Crippen molar-refractivity contribution in [2.45, 2.75) is 26.8 Å². The van der Waals surface area contributed by atoms with Gasteiger partial charge in [-0.15, -0.1) is 0 Å². The second-order valence-corrected chi connectivity index (χ2v) is 5.91. The molecule has 0 spiro atoms. The summed E-state index contributed by atoms with van der Waals surface area (Å²) >= 11 is 8.35. The molecule has 98 valence electrons. The van der Waals surface area contributed by atoms with Crippen LogP contribution in [0.3, 0.4) is 0 Å². The summed E-state index contributed by atoms with van der Waals surface area (Å²) in [4.78, 5) is 12.4. The highest BCUT2D eigenvalue weighted by molar-refractivity contribution is 9.10. The molecule has 18 heavy (non-hydrogen) atoms. The highest BCUT2D eigenvalue weighted by Gasteiger charge is 2.20. The van der Waals surface area contributed by atoms with E-state index in [1.165, 1.54) is 0 Å². The Morgan fingerprint density at radius 1 is 1.44 bits per heavy atom. The zero-order valence-corrected chi connectivity index (χ0v) is 13.1. The number of carbonyl (C=O) groups is 1. The molecule has 5 heteroatoms. The summed E-state index contributed by atoms with van der Waals surface area (Å²) in [6.45, 7) is 5.90. The molecule has 1 atom stereocenters. The number of hydrogen-bond donors (Lipinski definition) is 2. The number of carbonyl (C=O) groups excluding carboxylic acids is 1. The van der Waals surface area contributed by atoms with Gasteiger partial charge in [-0.3, -0.25) is 4.79 Å².